The monoisotopic (exact) mass is 460 g/mol. The van der Waals surface area contributed by atoms with Crippen LogP contribution in [-0.4, -0.2) is 80.0 Å². The van der Waals surface area contributed by atoms with Gasteiger partial charge >= 0.3 is 5.97 Å². The summed E-state index contributed by atoms with van der Waals surface area (Å²) in [4.78, 5) is 25.9. The van der Waals surface area contributed by atoms with Crippen molar-refractivity contribution < 1.29 is 32.4 Å². The van der Waals surface area contributed by atoms with E-state index in [1.807, 2.05) is 6.92 Å². The molecule has 2 rings (SSSR count). The third kappa shape index (κ3) is 9.23. The van der Waals surface area contributed by atoms with Gasteiger partial charge in [0.25, 0.3) is 11.8 Å². The molecule has 1 aliphatic rings. The van der Waals surface area contributed by atoms with E-state index in [0.717, 1.165) is 26.1 Å². The molecular weight excluding hydrogens is 428 g/mol. The Hall–Kier alpha value is -2.18. The van der Waals surface area contributed by atoms with Crippen LogP contribution in [0, 0.1) is 0 Å². The van der Waals surface area contributed by atoms with Crippen molar-refractivity contribution in [1.82, 2.24) is 20.1 Å². The van der Waals surface area contributed by atoms with Crippen LogP contribution in [-0.2, 0) is 14.8 Å². The van der Waals surface area contributed by atoms with E-state index in [1.165, 1.54) is 25.3 Å². The summed E-state index contributed by atoms with van der Waals surface area (Å²) < 4.78 is 36.3. The molecule has 31 heavy (non-hydrogen) atoms. The van der Waals surface area contributed by atoms with Crippen LogP contribution in [0.1, 0.15) is 56.0 Å². The molecule has 176 valence electrons. The minimum absolute atomic E-state index is 0.149. The number of amides is 1. The second-order valence-electron chi connectivity index (χ2n) is 7.52. The highest BCUT2D eigenvalue weighted by atomic mass is 32.2. The van der Waals surface area contributed by atoms with E-state index < -0.39 is 34.5 Å². The maximum atomic E-state index is 12.2. The predicted molar refractivity (Wildman–Crippen MR) is 112 cm³/mol. The van der Waals surface area contributed by atoms with Crippen LogP contribution in [0.25, 0.3) is 0 Å². The van der Waals surface area contributed by atoms with E-state index in [9.17, 15) is 23.1 Å². The quantitative estimate of drug-likeness (QED) is 0.343. The average molecular weight is 461 g/mol. The van der Waals surface area contributed by atoms with E-state index in [4.69, 9.17) is 9.26 Å². The highest BCUT2D eigenvalue weighted by Crippen LogP contribution is 2.13. The molecule has 1 aliphatic heterocycles. The molecule has 0 radical (unpaired) electrons. The number of piperidine rings is 1. The van der Waals surface area contributed by atoms with E-state index in [0.29, 0.717) is 19.4 Å². The Morgan fingerprint density at radius 3 is 2.71 bits per heavy atom. The molecule has 1 aromatic heterocycles. The van der Waals surface area contributed by atoms with Crippen LogP contribution in [0.15, 0.2) is 10.6 Å². The van der Waals surface area contributed by atoms with Crippen molar-refractivity contribution in [2.45, 2.75) is 51.5 Å². The van der Waals surface area contributed by atoms with E-state index in [2.05, 4.69) is 20.1 Å². The van der Waals surface area contributed by atoms with Crippen LogP contribution in [0.4, 0.5) is 0 Å². The maximum absolute atomic E-state index is 12.2. The molecule has 0 saturated carbocycles. The third-order valence-corrected chi connectivity index (χ3v) is 6.35. The van der Waals surface area contributed by atoms with Crippen LogP contribution < -0.4 is 14.8 Å². The molecule has 0 aliphatic carbocycles. The lowest BCUT2D eigenvalue weighted by atomic mass is 10.1. The van der Waals surface area contributed by atoms with Gasteiger partial charge in [-0.3, -0.25) is 9.59 Å². The Kier molecular flexibility index (Phi) is 10.2. The number of rotatable bonds is 14. The van der Waals surface area contributed by atoms with Crippen LogP contribution in [0.5, 0.6) is 5.88 Å². The summed E-state index contributed by atoms with van der Waals surface area (Å²) in [5, 5.41) is 15.2. The van der Waals surface area contributed by atoms with Crippen LogP contribution in [0.2, 0.25) is 0 Å². The lowest BCUT2D eigenvalue weighted by Crippen LogP contribution is -2.48. The van der Waals surface area contributed by atoms with Gasteiger partial charge in [0.1, 0.15) is 6.04 Å². The van der Waals surface area contributed by atoms with Gasteiger partial charge in [0.05, 0.1) is 18.4 Å². The van der Waals surface area contributed by atoms with Crippen LogP contribution in [0.3, 0.4) is 0 Å². The summed E-state index contributed by atoms with van der Waals surface area (Å²) in [6.07, 6.45) is 5.63. The molecular formula is C19H32N4O7S. The molecule has 2 heterocycles. The largest absolute Gasteiger partial charge is 0.480 e. The topological polar surface area (TPSA) is 151 Å². The van der Waals surface area contributed by atoms with Gasteiger partial charge in [-0.1, -0.05) is 19.8 Å². The number of nitrogens with one attached hydrogen (secondary N) is 2. The molecule has 0 spiro atoms. The number of aromatic nitrogens is 1. The SMILES string of the molecule is CCCCS(=O)(=O)N[C@@H](CNC(=O)c1cc(OCCCN2CCCCC2)no1)C(=O)O. The number of hydrogen-bond acceptors (Lipinski definition) is 8. The van der Waals surface area contributed by atoms with Crippen molar-refractivity contribution in [2.24, 2.45) is 0 Å². The molecule has 3 N–H and O–H groups in total. The molecule has 1 aromatic rings. The molecule has 11 nitrogen and oxygen atoms in total. The number of aliphatic carboxylic acids is 1. The highest BCUT2D eigenvalue weighted by Gasteiger charge is 2.25. The van der Waals surface area contributed by atoms with Gasteiger partial charge in [0.2, 0.25) is 15.8 Å². The Balaban J connectivity index is 1.75. The number of carbonyl (C=O) groups is 2. The standard InChI is InChI=1S/C19H32N4O7S/c1-2-3-12-31(27,28)22-15(19(25)26)14-20-18(24)16-13-17(21-30-16)29-11-7-10-23-8-5-4-6-9-23/h13,15,22H,2-12,14H2,1H3,(H,20,24)(H,25,26)/t15-/m0/s1. The molecule has 1 atom stereocenters. The highest BCUT2D eigenvalue weighted by molar-refractivity contribution is 7.89. The van der Waals surface area contributed by atoms with Gasteiger partial charge in [-0.25, -0.2) is 8.42 Å². The van der Waals surface area contributed by atoms with Gasteiger partial charge in [0, 0.05) is 13.1 Å². The molecule has 0 unspecified atom stereocenters. The Labute approximate surface area is 182 Å². The summed E-state index contributed by atoms with van der Waals surface area (Å²) in [5.41, 5.74) is 0. The Bertz CT molecular complexity index is 806. The van der Waals surface area contributed by atoms with Crippen LogP contribution >= 0.6 is 0 Å². The lowest BCUT2D eigenvalue weighted by Gasteiger charge is -2.26. The second-order valence-corrected chi connectivity index (χ2v) is 9.40. The zero-order valence-electron chi connectivity index (χ0n) is 17.8. The number of nitrogens with zero attached hydrogens (tertiary/aromatic N) is 2. The summed E-state index contributed by atoms with van der Waals surface area (Å²) >= 11 is 0. The van der Waals surface area contributed by atoms with Gasteiger partial charge in [-0.05, 0) is 43.9 Å². The number of hydrogen-bond donors (Lipinski definition) is 3. The van der Waals surface area contributed by atoms with Crippen molar-refractivity contribution in [1.29, 1.82) is 0 Å². The first-order valence-corrected chi connectivity index (χ1v) is 12.3. The maximum Gasteiger partial charge on any atom is 0.323 e. The molecule has 1 amide bonds. The summed E-state index contributed by atoms with van der Waals surface area (Å²) in [7, 11) is -3.76. The molecule has 1 fully saturated rings. The normalized spacial score (nSPS) is 16.0. The number of carboxylic acid groups (broad SMARTS) is 1. The Morgan fingerprint density at radius 2 is 2.03 bits per heavy atom. The molecule has 12 heteroatoms. The first-order chi connectivity index (χ1) is 14.8. The molecule has 1 saturated heterocycles. The van der Waals surface area contributed by atoms with Crippen molar-refractivity contribution in [3.63, 3.8) is 0 Å². The average Bonchev–Trinajstić information content (AvgIpc) is 3.22. The number of sulfonamides is 1. The first-order valence-electron chi connectivity index (χ1n) is 10.6. The van der Waals surface area contributed by atoms with Crippen molar-refractivity contribution in [3.05, 3.63) is 11.8 Å². The zero-order chi connectivity index (χ0) is 22.7. The smallest absolute Gasteiger partial charge is 0.323 e. The van der Waals surface area contributed by atoms with Gasteiger partial charge in [0.15, 0.2) is 0 Å². The van der Waals surface area contributed by atoms with Gasteiger partial charge in [-0.2, -0.15) is 4.72 Å². The first kappa shape index (κ1) is 25.1. The minimum atomic E-state index is -3.76. The van der Waals surface area contributed by atoms with Crippen molar-refractivity contribution in [3.8, 4) is 5.88 Å². The summed E-state index contributed by atoms with van der Waals surface area (Å²) in [6, 6.07) is -0.170. The molecule has 0 bridgehead atoms. The van der Waals surface area contributed by atoms with E-state index >= 15 is 0 Å². The number of carboxylic acids is 1. The minimum Gasteiger partial charge on any atom is -0.480 e. The number of unbranched alkanes of at least 4 members (excludes halogenated alkanes) is 1. The number of carbonyl (C=O) groups excluding carboxylic acids is 1. The fraction of sp³-hybridized carbons (Fsp3) is 0.737. The fourth-order valence-corrected chi connectivity index (χ4v) is 4.56. The number of ether oxygens (including phenoxy) is 1. The van der Waals surface area contributed by atoms with E-state index in [-0.39, 0.29) is 17.4 Å². The van der Waals surface area contributed by atoms with Gasteiger partial charge < -0.3 is 24.6 Å². The van der Waals surface area contributed by atoms with Crippen molar-refractivity contribution in [2.75, 3.05) is 38.5 Å². The Morgan fingerprint density at radius 1 is 1.29 bits per heavy atom. The predicted octanol–water partition coefficient (Wildman–Crippen LogP) is 0.832. The summed E-state index contributed by atoms with van der Waals surface area (Å²) in [6.45, 7) is 4.99. The van der Waals surface area contributed by atoms with Crippen molar-refractivity contribution >= 4 is 21.9 Å². The number of likely N-dealkylation sites (tertiary alicyclic amines) is 1. The summed E-state index contributed by atoms with van der Waals surface area (Å²) in [5.74, 6) is -2.27. The fourth-order valence-electron chi connectivity index (χ4n) is 3.15. The van der Waals surface area contributed by atoms with Gasteiger partial charge in [-0.15, -0.1) is 0 Å². The van der Waals surface area contributed by atoms with E-state index in [1.54, 1.807) is 0 Å². The third-order valence-electron chi connectivity index (χ3n) is 4.88. The zero-order valence-corrected chi connectivity index (χ0v) is 18.7. The lowest BCUT2D eigenvalue weighted by molar-refractivity contribution is -0.138. The molecule has 0 aromatic carbocycles. The second kappa shape index (κ2) is 12.6.